The maximum atomic E-state index is 12.8. The second kappa shape index (κ2) is 6.18. The van der Waals surface area contributed by atoms with Crippen LogP contribution >= 0.6 is 0 Å². The Kier molecular flexibility index (Phi) is 3.84. The minimum Gasteiger partial charge on any atom is -0.451 e. The zero-order valence-corrected chi connectivity index (χ0v) is 14.3. The number of aryl methyl sites for hydroxylation is 1. The van der Waals surface area contributed by atoms with E-state index >= 15 is 0 Å². The van der Waals surface area contributed by atoms with Crippen molar-refractivity contribution in [1.29, 1.82) is 0 Å². The van der Waals surface area contributed by atoms with Crippen molar-refractivity contribution in [3.05, 3.63) is 65.4 Å². The van der Waals surface area contributed by atoms with Gasteiger partial charge in [0.1, 0.15) is 17.3 Å². The Morgan fingerprint density at radius 2 is 1.88 bits per heavy atom. The Morgan fingerprint density at radius 3 is 2.62 bits per heavy atom. The second-order valence-electron chi connectivity index (χ2n) is 6.33. The summed E-state index contributed by atoms with van der Waals surface area (Å²) in [6.45, 7) is 3.27. The smallest absolute Gasteiger partial charge is 0.290 e. The molecule has 0 saturated heterocycles. The summed E-state index contributed by atoms with van der Waals surface area (Å²) in [5.41, 5.74) is 7.80. The fraction of sp³-hybridized carbons (Fsp3) is 0.211. The van der Waals surface area contributed by atoms with E-state index in [1.807, 2.05) is 31.2 Å². The number of rotatable bonds is 3. The van der Waals surface area contributed by atoms with Crippen LogP contribution in [0.25, 0.3) is 11.3 Å². The van der Waals surface area contributed by atoms with Gasteiger partial charge in [0.15, 0.2) is 5.76 Å². The van der Waals surface area contributed by atoms with Crippen molar-refractivity contribution < 1.29 is 14.0 Å². The number of imidazole rings is 1. The molecule has 26 heavy (non-hydrogen) atoms. The number of primary amides is 1. The van der Waals surface area contributed by atoms with Gasteiger partial charge in [0.05, 0.1) is 12.7 Å². The second-order valence-corrected chi connectivity index (χ2v) is 6.33. The molecule has 4 rings (SSSR count). The van der Waals surface area contributed by atoms with E-state index in [0.29, 0.717) is 36.9 Å². The molecule has 3 aromatic rings. The first-order valence-electron chi connectivity index (χ1n) is 8.33. The largest absolute Gasteiger partial charge is 0.451 e. The molecule has 1 aliphatic rings. The summed E-state index contributed by atoms with van der Waals surface area (Å²) in [5.74, 6) is 0.873. The number of furan rings is 1. The highest BCUT2D eigenvalue weighted by atomic mass is 16.4. The Labute approximate surface area is 150 Å². The van der Waals surface area contributed by atoms with Crippen LogP contribution in [0.5, 0.6) is 0 Å². The van der Waals surface area contributed by atoms with Crippen molar-refractivity contribution in [2.45, 2.75) is 20.0 Å². The van der Waals surface area contributed by atoms with Crippen molar-refractivity contribution in [2.75, 3.05) is 6.54 Å². The summed E-state index contributed by atoms with van der Waals surface area (Å²) >= 11 is 0. The standard InChI is InChI=1S/C19H18N4O3/c1-12-2-4-13(5-3-12)15-6-7-16(26-15)19(25)22-8-9-23-14(18(20)24)10-21-17(23)11-22/h2-7,10H,8-9,11H2,1H3,(H2,20,24). The molecule has 0 unspecified atom stereocenters. The van der Waals surface area contributed by atoms with Crippen molar-refractivity contribution in [1.82, 2.24) is 14.5 Å². The van der Waals surface area contributed by atoms with Gasteiger partial charge in [-0.25, -0.2) is 4.98 Å². The normalized spacial score (nSPS) is 13.5. The summed E-state index contributed by atoms with van der Waals surface area (Å²) < 4.78 is 7.52. The topological polar surface area (TPSA) is 94.4 Å². The van der Waals surface area contributed by atoms with Gasteiger partial charge in [-0.1, -0.05) is 29.8 Å². The number of carbonyl (C=O) groups excluding carboxylic acids is 2. The van der Waals surface area contributed by atoms with Crippen molar-refractivity contribution in [3.63, 3.8) is 0 Å². The molecule has 132 valence electrons. The van der Waals surface area contributed by atoms with E-state index in [2.05, 4.69) is 4.98 Å². The Hall–Kier alpha value is -3.35. The van der Waals surface area contributed by atoms with Gasteiger partial charge < -0.3 is 19.6 Å². The predicted octanol–water partition coefficient (Wildman–Crippen LogP) is 2.21. The van der Waals surface area contributed by atoms with Crippen LogP contribution in [0.4, 0.5) is 0 Å². The molecule has 7 heteroatoms. The molecule has 1 aliphatic heterocycles. The SMILES string of the molecule is Cc1ccc(-c2ccc(C(=O)N3CCn4c(C(N)=O)cnc4C3)o2)cc1. The first-order valence-corrected chi connectivity index (χ1v) is 8.33. The number of hydrogen-bond acceptors (Lipinski definition) is 4. The molecule has 0 fully saturated rings. The number of hydrogen-bond donors (Lipinski definition) is 1. The number of nitrogens with two attached hydrogens (primary N) is 1. The number of amides is 2. The van der Waals surface area contributed by atoms with Crippen molar-refractivity contribution >= 4 is 11.8 Å². The maximum absolute atomic E-state index is 12.8. The lowest BCUT2D eigenvalue weighted by Crippen LogP contribution is -2.39. The number of fused-ring (bicyclic) bond motifs is 1. The summed E-state index contributed by atoms with van der Waals surface area (Å²) in [6, 6.07) is 11.4. The molecule has 3 heterocycles. The fourth-order valence-electron chi connectivity index (χ4n) is 3.11. The van der Waals surface area contributed by atoms with E-state index in [0.717, 1.165) is 11.1 Å². The molecule has 2 N–H and O–H groups in total. The summed E-state index contributed by atoms with van der Waals surface area (Å²) in [7, 11) is 0. The van der Waals surface area contributed by atoms with Crippen LogP contribution in [-0.2, 0) is 13.1 Å². The molecule has 7 nitrogen and oxygen atoms in total. The predicted molar refractivity (Wildman–Crippen MR) is 94.4 cm³/mol. The third kappa shape index (κ3) is 2.77. The van der Waals surface area contributed by atoms with Gasteiger partial charge in [-0.05, 0) is 19.1 Å². The maximum Gasteiger partial charge on any atom is 0.290 e. The average molecular weight is 350 g/mol. The van der Waals surface area contributed by atoms with Crippen LogP contribution < -0.4 is 5.73 Å². The van der Waals surface area contributed by atoms with Crippen LogP contribution in [0.3, 0.4) is 0 Å². The van der Waals surface area contributed by atoms with E-state index in [-0.39, 0.29) is 11.7 Å². The molecular weight excluding hydrogens is 332 g/mol. The fourth-order valence-corrected chi connectivity index (χ4v) is 3.11. The highest BCUT2D eigenvalue weighted by Crippen LogP contribution is 2.24. The van der Waals surface area contributed by atoms with E-state index in [1.165, 1.54) is 6.20 Å². The summed E-state index contributed by atoms with van der Waals surface area (Å²) in [5, 5.41) is 0. The van der Waals surface area contributed by atoms with Crippen LogP contribution in [0, 0.1) is 6.92 Å². The number of nitrogens with zero attached hydrogens (tertiary/aromatic N) is 3. The zero-order chi connectivity index (χ0) is 18.3. The Balaban J connectivity index is 1.53. The lowest BCUT2D eigenvalue weighted by atomic mass is 10.1. The van der Waals surface area contributed by atoms with Crippen LogP contribution in [0.15, 0.2) is 47.0 Å². The molecule has 0 aliphatic carbocycles. The van der Waals surface area contributed by atoms with Gasteiger partial charge in [-0.2, -0.15) is 0 Å². The highest BCUT2D eigenvalue weighted by molar-refractivity contribution is 5.93. The van der Waals surface area contributed by atoms with Crippen LogP contribution in [-0.4, -0.2) is 32.8 Å². The van der Waals surface area contributed by atoms with Gasteiger partial charge in [0.25, 0.3) is 11.8 Å². The Bertz CT molecular complexity index is 985. The quantitative estimate of drug-likeness (QED) is 0.783. The van der Waals surface area contributed by atoms with Gasteiger partial charge in [0.2, 0.25) is 0 Å². The first kappa shape index (κ1) is 16.1. The highest BCUT2D eigenvalue weighted by Gasteiger charge is 2.27. The first-order chi connectivity index (χ1) is 12.5. The minimum absolute atomic E-state index is 0.196. The Morgan fingerprint density at radius 1 is 1.12 bits per heavy atom. The minimum atomic E-state index is -0.516. The summed E-state index contributed by atoms with van der Waals surface area (Å²) in [4.78, 5) is 30.0. The van der Waals surface area contributed by atoms with Gasteiger partial charge in [-0.3, -0.25) is 9.59 Å². The molecule has 2 aromatic heterocycles. The van der Waals surface area contributed by atoms with E-state index in [1.54, 1.807) is 21.6 Å². The van der Waals surface area contributed by atoms with E-state index < -0.39 is 5.91 Å². The number of benzene rings is 1. The van der Waals surface area contributed by atoms with Gasteiger partial charge >= 0.3 is 0 Å². The monoisotopic (exact) mass is 350 g/mol. The molecule has 0 saturated carbocycles. The number of aromatic nitrogens is 2. The van der Waals surface area contributed by atoms with Crippen molar-refractivity contribution in [3.8, 4) is 11.3 Å². The molecular formula is C19H18N4O3. The van der Waals surface area contributed by atoms with E-state index in [9.17, 15) is 9.59 Å². The number of carbonyl (C=O) groups is 2. The van der Waals surface area contributed by atoms with Gasteiger partial charge in [0, 0.05) is 18.7 Å². The molecule has 0 radical (unpaired) electrons. The van der Waals surface area contributed by atoms with Crippen LogP contribution in [0.1, 0.15) is 32.4 Å². The molecule has 2 amide bonds. The van der Waals surface area contributed by atoms with Gasteiger partial charge in [-0.15, -0.1) is 0 Å². The third-order valence-corrected chi connectivity index (χ3v) is 4.56. The van der Waals surface area contributed by atoms with Crippen LogP contribution in [0.2, 0.25) is 0 Å². The van der Waals surface area contributed by atoms with E-state index in [4.69, 9.17) is 10.2 Å². The molecule has 1 aromatic carbocycles. The lowest BCUT2D eigenvalue weighted by molar-refractivity contribution is 0.0675. The molecule has 0 atom stereocenters. The third-order valence-electron chi connectivity index (χ3n) is 4.56. The van der Waals surface area contributed by atoms with Crippen molar-refractivity contribution in [2.24, 2.45) is 5.73 Å². The summed E-state index contributed by atoms with van der Waals surface area (Å²) in [6.07, 6.45) is 1.45. The molecule has 0 bridgehead atoms. The zero-order valence-electron chi connectivity index (χ0n) is 14.3. The lowest BCUT2D eigenvalue weighted by Gasteiger charge is -2.27. The average Bonchev–Trinajstić information content (AvgIpc) is 3.28. The molecule has 0 spiro atoms.